The molecule has 4 heteroatoms. The molecule has 0 saturated heterocycles. The molecule has 1 aromatic heterocycles. The summed E-state index contributed by atoms with van der Waals surface area (Å²) in [4.78, 5) is 0. The van der Waals surface area contributed by atoms with Crippen LogP contribution < -0.4 is 0 Å². The summed E-state index contributed by atoms with van der Waals surface area (Å²) >= 11 is 0. The fourth-order valence-electron chi connectivity index (χ4n) is 0.910. The van der Waals surface area contributed by atoms with Crippen LogP contribution in [-0.2, 0) is 6.42 Å². The van der Waals surface area contributed by atoms with Crippen LogP contribution in [0.4, 0.5) is 0 Å². The van der Waals surface area contributed by atoms with Gasteiger partial charge in [0.25, 0.3) is 0 Å². The summed E-state index contributed by atoms with van der Waals surface area (Å²) in [7, 11) is 0. The largest absolute Gasteiger partial charge is 0.393 e. The molecule has 0 aromatic carbocycles. The fourth-order valence-corrected chi connectivity index (χ4v) is 0.910. The highest BCUT2D eigenvalue weighted by Crippen LogP contribution is 2.11. The summed E-state index contributed by atoms with van der Waals surface area (Å²) in [6.07, 6.45) is 0.397. The first-order chi connectivity index (χ1) is 5.61. The summed E-state index contributed by atoms with van der Waals surface area (Å²) in [5, 5.41) is 16.6. The van der Waals surface area contributed by atoms with E-state index >= 15 is 0 Å². The zero-order chi connectivity index (χ0) is 9.14. The van der Waals surface area contributed by atoms with E-state index in [9.17, 15) is 5.11 Å². The van der Waals surface area contributed by atoms with Crippen LogP contribution in [0.3, 0.4) is 0 Å². The topological polar surface area (TPSA) is 59.2 Å². The Kier molecular flexibility index (Phi) is 2.81. The average molecular weight is 170 g/mol. The second kappa shape index (κ2) is 3.67. The van der Waals surface area contributed by atoms with Crippen molar-refractivity contribution >= 4 is 0 Å². The summed E-state index contributed by atoms with van der Waals surface area (Å²) in [5.41, 5.74) is 1.64. The maximum absolute atomic E-state index is 9.23. The minimum atomic E-state index is -0.318. The van der Waals surface area contributed by atoms with Gasteiger partial charge in [0.05, 0.1) is 6.10 Å². The molecule has 0 aliphatic heterocycles. The van der Waals surface area contributed by atoms with Gasteiger partial charge in [-0.3, -0.25) is 0 Å². The van der Waals surface area contributed by atoms with Gasteiger partial charge in [-0.2, -0.15) is 0 Å². The van der Waals surface area contributed by atoms with E-state index in [2.05, 4.69) is 14.9 Å². The number of aliphatic hydroxyl groups excluding tert-OH is 1. The van der Waals surface area contributed by atoms with E-state index in [1.165, 1.54) is 0 Å². The van der Waals surface area contributed by atoms with Crippen LogP contribution in [0.5, 0.6) is 0 Å². The second-order valence-electron chi connectivity index (χ2n) is 3.22. The normalized spacial score (nSPS) is 16.0. The van der Waals surface area contributed by atoms with Gasteiger partial charge in [-0.05, 0) is 19.8 Å². The third-order valence-electron chi connectivity index (χ3n) is 2.09. The van der Waals surface area contributed by atoms with Crippen molar-refractivity contribution in [1.29, 1.82) is 0 Å². The van der Waals surface area contributed by atoms with Gasteiger partial charge in [-0.25, -0.2) is 4.63 Å². The van der Waals surface area contributed by atoms with E-state index in [-0.39, 0.29) is 12.0 Å². The molecule has 0 fully saturated rings. The van der Waals surface area contributed by atoms with Crippen LogP contribution >= 0.6 is 0 Å². The molecule has 68 valence electrons. The minimum absolute atomic E-state index is 0.190. The number of aliphatic hydroxyl groups is 1. The first kappa shape index (κ1) is 9.19. The molecule has 0 aliphatic rings. The molecule has 0 spiro atoms. The zero-order valence-electron chi connectivity index (χ0n) is 7.61. The van der Waals surface area contributed by atoms with Gasteiger partial charge < -0.3 is 5.11 Å². The van der Waals surface area contributed by atoms with E-state index in [0.717, 1.165) is 11.4 Å². The van der Waals surface area contributed by atoms with Gasteiger partial charge in [-0.1, -0.05) is 17.2 Å². The fraction of sp³-hybridized carbons (Fsp3) is 0.750. The zero-order valence-corrected chi connectivity index (χ0v) is 7.61. The van der Waals surface area contributed by atoms with E-state index in [4.69, 9.17) is 0 Å². The first-order valence-electron chi connectivity index (χ1n) is 4.07. The van der Waals surface area contributed by atoms with Crippen LogP contribution in [-0.4, -0.2) is 21.5 Å². The average Bonchev–Trinajstić information content (AvgIpc) is 2.36. The number of hydrogen-bond acceptors (Lipinski definition) is 4. The van der Waals surface area contributed by atoms with E-state index in [1.54, 1.807) is 6.92 Å². The molecule has 1 aromatic rings. The smallest absolute Gasteiger partial charge is 0.108 e. The summed E-state index contributed by atoms with van der Waals surface area (Å²) in [5.74, 6) is 0.190. The van der Waals surface area contributed by atoms with Gasteiger partial charge in [0.1, 0.15) is 11.4 Å². The van der Waals surface area contributed by atoms with Crippen LogP contribution in [0, 0.1) is 12.8 Å². The Labute approximate surface area is 71.6 Å². The van der Waals surface area contributed by atoms with Crippen molar-refractivity contribution in [3.8, 4) is 0 Å². The molecular formula is C8H14N2O2. The monoisotopic (exact) mass is 170 g/mol. The van der Waals surface area contributed by atoms with Gasteiger partial charge in [0, 0.05) is 6.42 Å². The molecule has 4 nitrogen and oxygen atoms in total. The lowest BCUT2D eigenvalue weighted by atomic mass is 10.00. The Balaban J connectivity index is 2.58. The molecule has 0 radical (unpaired) electrons. The number of aryl methyl sites for hydroxylation is 1. The Morgan fingerprint density at radius 2 is 2.08 bits per heavy atom. The number of hydrogen-bond donors (Lipinski definition) is 1. The second-order valence-corrected chi connectivity index (χ2v) is 3.22. The Bertz CT molecular complexity index is 245. The quantitative estimate of drug-likeness (QED) is 0.733. The molecule has 0 bridgehead atoms. The third-order valence-corrected chi connectivity index (χ3v) is 2.09. The highest BCUT2D eigenvalue weighted by molar-refractivity contribution is 5.05. The number of aromatic nitrogens is 2. The third kappa shape index (κ3) is 2.04. The van der Waals surface area contributed by atoms with Crippen LogP contribution in [0.2, 0.25) is 0 Å². The van der Waals surface area contributed by atoms with E-state index in [1.807, 2.05) is 13.8 Å². The lowest BCUT2D eigenvalue weighted by Gasteiger charge is -2.11. The van der Waals surface area contributed by atoms with Crippen molar-refractivity contribution in [3.63, 3.8) is 0 Å². The van der Waals surface area contributed by atoms with Crippen molar-refractivity contribution in [1.82, 2.24) is 10.3 Å². The minimum Gasteiger partial charge on any atom is -0.393 e. The maximum Gasteiger partial charge on any atom is 0.108 e. The lowest BCUT2D eigenvalue weighted by molar-refractivity contribution is 0.134. The molecule has 1 rings (SSSR count). The molecule has 1 heterocycles. The molecule has 0 saturated carbocycles. The van der Waals surface area contributed by atoms with Gasteiger partial charge in [0.15, 0.2) is 0 Å². The van der Waals surface area contributed by atoms with Crippen molar-refractivity contribution in [2.45, 2.75) is 33.3 Å². The standard InChI is InChI=1S/C8H14N2O2/c1-5(7(3)11)4-8-6(2)9-12-10-8/h5,7,11H,4H2,1-3H3. The SMILES string of the molecule is Cc1nonc1CC(C)C(C)O. The van der Waals surface area contributed by atoms with E-state index in [0.29, 0.717) is 6.42 Å². The van der Waals surface area contributed by atoms with Crippen molar-refractivity contribution < 1.29 is 9.74 Å². The van der Waals surface area contributed by atoms with Crippen molar-refractivity contribution in [3.05, 3.63) is 11.4 Å². The Morgan fingerprint density at radius 1 is 1.42 bits per heavy atom. The Morgan fingerprint density at radius 3 is 2.50 bits per heavy atom. The Hall–Kier alpha value is -0.900. The highest BCUT2D eigenvalue weighted by atomic mass is 16.6. The predicted octanol–water partition coefficient (Wildman–Crippen LogP) is 0.937. The maximum atomic E-state index is 9.23. The first-order valence-corrected chi connectivity index (χ1v) is 4.07. The number of rotatable bonds is 3. The van der Waals surface area contributed by atoms with Crippen LogP contribution in [0.1, 0.15) is 25.2 Å². The van der Waals surface area contributed by atoms with Crippen molar-refractivity contribution in [2.75, 3.05) is 0 Å². The van der Waals surface area contributed by atoms with Gasteiger partial charge >= 0.3 is 0 Å². The van der Waals surface area contributed by atoms with Crippen LogP contribution in [0.15, 0.2) is 4.63 Å². The molecule has 2 atom stereocenters. The number of nitrogens with zero attached hydrogens (tertiary/aromatic N) is 2. The van der Waals surface area contributed by atoms with Gasteiger partial charge in [0.2, 0.25) is 0 Å². The summed E-state index contributed by atoms with van der Waals surface area (Å²) in [6, 6.07) is 0. The molecular weight excluding hydrogens is 156 g/mol. The lowest BCUT2D eigenvalue weighted by Crippen LogP contribution is -2.16. The summed E-state index contributed by atoms with van der Waals surface area (Å²) in [6.45, 7) is 5.59. The molecule has 0 amide bonds. The highest BCUT2D eigenvalue weighted by Gasteiger charge is 2.14. The van der Waals surface area contributed by atoms with Crippen molar-refractivity contribution in [2.24, 2.45) is 5.92 Å². The summed E-state index contributed by atoms with van der Waals surface area (Å²) < 4.78 is 4.54. The predicted molar refractivity (Wildman–Crippen MR) is 43.6 cm³/mol. The molecule has 0 aliphatic carbocycles. The molecule has 12 heavy (non-hydrogen) atoms. The molecule has 1 N–H and O–H groups in total. The van der Waals surface area contributed by atoms with Crippen LogP contribution in [0.25, 0.3) is 0 Å². The van der Waals surface area contributed by atoms with Gasteiger partial charge in [-0.15, -0.1) is 0 Å². The van der Waals surface area contributed by atoms with E-state index < -0.39 is 0 Å². The molecule has 2 unspecified atom stereocenters.